The number of H-pyrrole nitrogens is 2. The molecule has 8 nitrogen and oxygen atoms in total. The van der Waals surface area contributed by atoms with E-state index in [0.29, 0.717) is 24.2 Å². The highest BCUT2D eigenvalue weighted by molar-refractivity contribution is 6.05. The van der Waals surface area contributed by atoms with E-state index in [1.807, 2.05) is 25.1 Å². The van der Waals surface area contributed by atoms with E-state index >= 15 is 0 Å². The number of nitrogens with one attached hydrogen (secondary N) is 2. The van der Waals surface area contributed by atoms with Crippen LogP contribution in [0.15, 0.2) is 24.4 Å². The number of benzene rings is 1. The molecule has 1 amide bonds. The van der Waals surface area contributed by atoms with Crippen LogP contribution in [0.5, 0.6) is 0 Å². The van der Waals surface area contributed by atoms with Crippen LogP contribution in [0.2, 0.25) is 0 Å². The van der Waals surface area contributed by atoms with Gasteiger partial charge in [0.2, 0.25) is 0 Å². The van der Waals surface area contributed by atoms with Gasteiger partial charge in [-0.05, 0) is 19.1 Å². The summed E-state index contributed by atoms with van der Waals surface area (Å²) in [4.78, 5) is 22.4. The predicted molar refractivity (Wildman–Crippen MR) is 86.7 cm³/mol. The Hall–Kier alpha value is -2.74. The third kappa shape index (κ3) is 2.35. The molecule has 0 radical (unpaired) electrons. The van der Waals surface area contributed by atoms with Crippen molar-refractivity contribution in [1.82, 2.24) is 30.3 Å². The van der Waals surface area contributed by atoms with Crippen LogP contribution >= 0.6 is 0 Å². The van der Waals surface area contributed by atoms with E-state index in [1.54, 1.807) is 18.2 Å². The molecule has 4 rings (SSSR count). The highest BCUT2D eigenvalue weighted by atomic mass is 16.5. The lowest BCUT2D eigenvalue weighted by molar-refractivity contribution is 0.0715. The van der Waals surface area contributed by atoms with Gasteiger partial charge in [0.25, 0.3) is 5.91 Å². The zero-order valence-corrected chi connectivity index (χ0v) is 13.5. The number of ether oxygens (including phenoxy) is 1. The first kappa shape index (κ1) is 14.8. The average Bonchev–Trinajstić information content (AvgIpc) is 3.30. The molecule has 1 fully saturated rings. The number of hydrogen-bond donors (Lipinski definition) is 2. The quantitative estimate of drug-likeness (QED) is 0.754. The largest absolute Gasteiger partial charge is 0.379 e. The maximum Gasteiger partial charge on any atom is 0.256 e. The molecule has 0 saturated carbocycles. The van der Waals surface area contributed by atoms with Crippen molar-refractivity contribution in [2.45, 2.75) is 18.9 Å². The molecule has 0 bridgehead atoms. The second kappa shape index (κ2) is 5.72. The van der Waals surface area contributed by atoms with Gasteiger partial charge in [-0.1, -0.05) is 6.07 Å². The number of aromatic nitrogens is 5. The van der Waals surface area contributed by atoms with Crippen LogP contribution in [-0.4, -0.2) is 62.5 Å². The molecule has 1 aromatic carbocycles. The first-order chi connectivity index (χ1) is 11.7. The number of hydrogen-bond acceptors (Lipinski definition) is 5. The van der Waals surface area contributed by atoms with Crippen molar-refractivity contribution in [3.8, 4) is 0 Å². The minimum Gasteiger partial charge on any atom is -0.379 e. The van der Waals surface area contributed by atoms with Gasteiger partial charge in [0.05, 0.1) is 35.0 Å². The molecular weight excluding hydrogens is 308 g/mol. The van der Waals surface area contributed by atoms with Crippen molar-refractivity contribution in [1.29, 1.82) is 0 Å². The topological polar surface area (TPSA) is 99.8 Å². The van der Waals surface area contributed by atoms with Gasteiger partial charge in [0.15, 0.2) is 0 Å². The predicted octanol–water partition coefficient (Wildman–Crippen LogP) is 1.24. The van der Waals surface area contributed by atoms with Crippen LogP contribution in [-0.2, 0) is 4.74 Å². The third-order valence-electron chi connectivity index (χ3n) is 4.53. The van der Waals surface area contributed by atoms with Gasteiger partial charge < -0.3 is 14.6 Å². The fourth-order valence-corrected chi connectivity index (χ4v) is 3.35. The third-order valence-corrected chi connectivity index (χ3v) is 4.53. The van der Waals surface area contributed by atoms with Crippen LogP contribution in [0.4, 0.5) is 0 Å². The van der Waals surface area contributed by atoms with Crippen LogP contribution in [0.3, 0.4) is 0 Å². The SMILES string of the molecule is CO[C@@H]1CN(C(=O)c2cccc3[nH]c(C)nc23)C[C@H]1c1cn[nH]n1. The Balaban J connectivity index is 1.65. The first-order valence-corrected chi connectivity index (χ1v) is 7.80. The molecular formula is C16H18N6O2. The smallest absolute Gasteiger partial charge is 0.256 e. The summed E-state index contributed by atoms with van der Waals surface area (Å²) < 4.78 is 5.56. The Kier molecular flexibility index (Phi) is 3.53. The fourth-order valence-electron chi connectivity index (χ4n) is 3.35. The number of amides is 1. The maximum absolute atomic E-state index is 13.0. The van der Waals surface area contributed by atoms with Crippen molar-refractivity contribution in [2.24, 2.45) is 0 Å². The second-order valence-electron chi connectivity index (χ2n) is 6.01. The summed E-state index contributed by atoms with van der Waals surface area (Å²) in [5.74, 6) is 0.764. The van der Waals surface area contributed by atoms with Crippen molar-refractivity contribution in [3.05, 3.63) is 41.5 Å². The van der Waals surface area contributed by atoms with Gasteiger partial charge in [0, 0.05) is 20.2 Å². The van der Waals surface area contributed by atoms with Gasteiger partial charge in [-0.25, -0.2) is 4.98 Å². The number of carbonyl (C=O) groups excluding carboxylic acids is 1. The summed E-state index contributed by atoms with van der Waals surface area (Å²) in [6, 6.07) is 5.61. The van der Waals surface area contributed by atoms with E-state index in [-0.39, 0.29) is 17.9 Å². The molecule has 0 spiro atoms. The Bertz CT molecular complexity index is 872. The molecule has 3 heterocycles. The molecule has 8 heteroatoms. The van der Waals surface area contributed by atoms with Crippen LogP contribution in [0.25, 0.3) is 11.0 Å². The number of imidazole rings is 1. The lowest BCUT2D eigenvalue weighted by Crippen LogP contribution is -2.30. The Morgan fingerprint density at radius 2 is 2.25 bits per heavy atom. The maximum atomic E-state index is 13.0. The normalized spacial score (nSPS) is 20.8. The highest BCUT2D eigenvalue weighted by Crippen LogP contribution is 2.29. The summed E-state index contributed by atoms with van der Waals surface area (Å²) in [7, 11) is 1.66. The van der Waals surface area contributed by atoms with Crippen LogP contribution in [0.1, 0.15) is 27.8 Å². The van der Waals surface area contributed by atoms with E-state index in [1.165, 1.54) is 0 Å². The molecule has 1 saturated heterocycles. The van der Waals surface area contributed by atoms with Crippen LogP contribution in [0, 0.1) is 6.92 Å². The number of para-hydroxylation sites is 1. The summed E-state index contributed by atoms with van der Waals surface area (Å²) in [6.07, 6.45) is 1.59. The Morgan fingerprint density at radius 1 is 1.38 bits per heavy atom. The van der Waals surface area contributed by atoms with Crippen molar-refractivity contribution < 1.29 is 9.53 Å². The molecule has 1 aliphatic heterocycles. The average molecular weight is 326 g/mol. The van der Waals surface area contributed by atoms with Crippen molar-refractivity contribution in [3.63, 3.8) is 0 Å². The number of nitrogens with zero attached hydrogens (tertiary/aromatic N) is 4. The summed E-state index contributed by atoms with van der Waals surface area (Å²) >= 11 is 0. The number of methoxy groups -OCH3 is 1. The van der Waals surface area contributed by atoms with E-state index in [4.69, 9.17) is 4.74 Å². The molecule has 2 atom stereocenters. The Morgan fingerprint density at radius 3 is 3.00 bits per heavy atom. The molecule has 2 aromatic heterocycles. The summed E-state index contributed by atoms with van der Waals surface area (Å²) in [6.45, 7) is 2.95. The number of carbonyl (C=O) groups is 1. The number of rotatable bonds is 3. The van der Waals surface area contributed by atoms with E-state index < -0.39 is 0 Å². The lowest BCUT2D eigenvalue weighted by atomic mass is 10.0. The van der Waals surface area contributed by atoms with Crippen molar-refractivity contribution in [2.75, 3.05) is 20.2 Å². The highest BCUT2D eigenvalue weighted by Gasteiger charge is 2.38. The monoisotopic (exact) mass is 326 g/mol. The van der Waals surface area contributed by atoms with Gasteiger partial charge in [-0.2, -0.15) is 15.4 Å². The number of aromatic amines is 2. The number of fused-ring (bicyclic) bond motifs is 1. The van der Waals surface area contributed by atoms with Gasteiger partial charge >= 0.3 is 0 Å². The van der Waals surface area contributed by atoms with E-state index in [2.05, 4.69) is 25.4 Å². The molecule has 0 unspecified atom stereocenters. The van der Waals surface area contributed by atoms with E-state index in [0.717, 1.165) is 17.0 Å². The fraction of sp³-hybridized carbons (Fsp3) is 0.375. The molecule has 1 aliphatic rings. The number of likely N-dealkylation sites (tertiary alicyclic amines) is 1. The molecule has 24 heavy (non-hydrogen) atoms. The molecule has 124 valence electrons. The van der Waals surface area contributed by atoms with E-state index in [9.17, 15) is 4.79 Å². The van der Waals surface area contributed by atoms with Gasteiger partial charge in [0.1, 0.15) is 11.3 Å². The van der Waals surface area contributed by atoms with Crippen molar-refractivity contribution >= 4 is 16.9 Å². The van der Waals surface area contributed by atoms with Crippen LogP contribution < -0.4 is 0 Å². The molecule has 2 N–H and O–H groups in total. The first-order valence-electron chi connectivity index (χ1n) is 7.80. The van der Waals surface area contributed by atoms with Gasteiger partial charge in [-0.3, -0.25) is 4.79 Å². The second-order valence-corrected chi connectivity index (χ2v) is 6.01. The summed E-state index contributed by atoms with van der Waals surface area (Å²) in [5.41, 5.74) is 2.99. The number of aryl methyl sites for hydroxylation is 1. The minimum atomic E-state index is -0.0980. The van der Waals surface area contributed by atoms with Gasteiger partial charge in [-0.15, -0.1) is 0 Å². The zero-order chi connectivity index (χ0) is 16.7. The molecule has 0 aliphatic carbocycles. The molecule has 3 aromatic rings. The summed E-state index contributed by atoms with van der Waals surface area (Å²) in [5, 5.41) is 10.6. The standard InChI is InChI=1S/C16H18N6O2/c1-9-18-12-5-3-4-10(15(12)19-9)16(23)22-7-11(14(8-22)24-2)13-6-17-21-20-13/h3-6,11,14H,7-8H2,1-2H3,(H,18,19)(H,17,20,21)/t11-,14+/m0/s1. The Labute approximate surface area is 138 Å². The minimum absolute atomic E-state index is 0.0119. The lowest BCUT2D eigenvalue weighted by Gasteiger charge is -2.16. The zero-order valence-electron chi connectivity index (χ0n) is 13.5.